The van der Waals surface area contributed by atoms with Crippen LogP contribution in [-0.2, 0) is 22.8 Å². The molecule has 1 atom stereocenters. The zero-order chi connectivity index (χ0) is 27.1. The zero-order valence-corrected chi connectivity index (χ0v) is 25.9. The summed E-state index contributed by atoms with van der Waals surface area (Å²) in [6.07, 6.45) is 3.35. The molecule has 6 heteroatoms. The molecule has 0 N–H and O–H groups in total. The van der Waals surface area contributed by atoms with Crippen molar-refractivity contribution in [3.05, 3.63) is 90.5 Å². The van der Waals surface area contributed by atoms with Gasteiger partial charge < -0.3 is 9.05 Å². The Morgan fingerprint density at radius 3 is 2.19 bits per heavy atom. The molecule has 0 aromatic heterocycles. The molecule has 37 heavy (non-hydrogen) atoms. The Hall–Kier alpha value is -2.11. The van der Waals surface area contributed by atoms with Gasteiger partial charge in [-0.2, -0.15) is 0 Å². The van der Waals surface area contributed by atoms with Gasteiger partial charge in [-0.05, 0) is 102 Å². The topological polar surface area (TPSA) is 52.6 Å². The van der Waals surface area contributed by atoms with Crippen LogP contribution in [0.5, 0.6) is 11.5 Å². The summed E-state index contributed by atoms with van der Waals surface area (Å²) in [7, 11) is -4.33. The maximum Gasteiger partial charge on any atom is 0.503 e. The molecule has 1 unspecified atom stereocenters. The van der Waals surface area contributed by atoms with E-state index in [1.807, 2.05) is 19.1 Å². The number of carbonyl (C=O) groups excluding carboxylic acids is 1. The predicted molar refractivity (Wildman–Crippen MR) is 160 cm³/mol. The first-order chi connectivity index (χ1) is 17.3. The van der Waals surface area contributed by atoms with Crippen molar-refractivity contribution in [3.63, 3.8) is 0 Å². The Balaban J connectivity index is 2.01. The summed E-state index contributed by atoms with van der Waals surface area (Å²) in [5.41, 5.74) is 6.18. The van der Waals surface area contributed by atoms with Gasteiger partial charge in [0.15, 0.2) is 0 Å². The van der Waals surface area contributed by atoms with Crippen molar-refractivity contribution in [2.75, 3.05) is 0 Å². The summed E-state index contributed by atoms with van der Waals surface area (Å²) >= 11 is 2.21. The number of fused-ring (bicyclic) bond motifs is 2. The van der Waals surface area contributed by atoms with Gasteiger partial charge in [0.05, 0.1) is 0 Å². The lowest BCUT2D eigenvalue weighted by Crippen LogP contribution is -2.21. The molecule has 0 fully saturated rings. The highest BCUT2D eigenvalue weighted by molar-refractivity contribution is 14.1. The highest BCUT2D eigenvalue weighted by Crippen LogP contribution is 2.57. The number of carbonyl (C=O) groups is 1. The molecule has 4 nitrogen and oxygen atoms in total. The van der Waals surface area contributed by atoms with Crippen LogP contribution in [0.15, 0.2) is 42.5 Å². The normalized spacial score (nSPS) is 17.1. The lowest BCUT2D eigenvalue weighted by molar-refractivity contribution is 0.104. The molecule has 196 valence electrons. The minimum Gasteiger partial charge on any atom is -0.410 e. The molecule has 4 rings (SSSR count). The number of benzene rings is 3. The van der Waals surface area contributed by atoms with E-state index >= 15 is 0 Å². The van der Waals surface area contributed by atoms with E-state index in [1.165, 1.54) is 0 Å². The molecule has 0 saturated carbocycles. The second kappa shape index (κ2) is 10.6. The minimum absolute atomic E-state index is 0.288. The van der Waals surface area contributed by atoms with E-state index in [1.54, 1.807) is 6.07 Å². The van der Waals surface area contributed by atoms with Crippen molar-refractivity contribution >= 4 is 35.7 Å². The fraction of sp³-hybridized carbons (Fsp3) is 0.387. The summed E-state index contributed by atoms with van der Waals surface area (Å²) < 4.78 is 28.5. The van der Waals surface area contributed by atoms with E-state index in [9.17, 15) is 9.36 Å². The monoisotopic (exact) mass is 630 g/mol. The van der Waals surface area contributed by atoms with Gasteiger partial charge in [0, 0.05) is 21.1 Å². The molecule has 1 aliphatic rings. The molecule has 0 radical (unpaired) electrons. The number of hydrogen-bond donors (Lipinski definition) is 0. The molecule has 3 aromatic rings. The van der Waals surface area contributed by atoms with Crippen molar-refractivity contribution in [1.82, 2.24) is 0 Å². The molecule has 0 spiro atoms. The third-order valence-corrected chi connectivity index (χ3v) is 9.03. The molecule has 0 bridgehead atoms. The minimum atomic E-state index is -4.33. The van der Waals surface area contributed by atoms with Crippen LogP contribution in [-0.4, -0.2) is 5.52 Å². The summed E-state index contributed by atoms with van der Waals surface area (Å²) in [5, 5.41) is 0. The maximum atomic E-state index is 14.7. The molecule has 0 saturated heterocycles. The van der Waals surface area contributed by atoms with Crippen molar-refractivity contribution in [2.45, 2.75) is 79.6 Å². The van der Waals surface area contributed by atoms with E-state index < -0.39 is 13.1 Å². The lowest BCUT2D eigenvalue weighted by atomic mass is 9.83. The van der Waals surface area contributed by atoms with Gasteiger partial charge in [0.1, 0.15) is 11.5 Å². The molecule has 3 aromatic carbocycles. The van der Waals surface area contributed by atoms with Crippen molar-refractivity contribution in [2.24, 2.45) is 0 Å². The van der Waals surface area contributed by atoms with Crippen LogP contribution in [0.2, 0.25) is 0 Å². The number of hydrogen-bond acceptors (Lipinski definition) is 4. The number of halogens is 1. The summed E-state index contributed by atoms with van der Waals surface area (Å²) in [6.45, 7) is 14.4. The highest BCUT2D eigenvalue weighted by Gasteiger charge is 2.44. The Morgan fingerprint density at radius 2 is 1.57 bits per heavy atom. The van der Waals surface area contributed by atoms with Gasteiger partial charge in [-0.15, -0.1) is 0 Å². The van der Waals surface area contributed by atoms with Gasteiger partial charge in [-0.25, -0.2) is 4.57 Å². The smallest absolute Gasteiger partial charge is 0.410 e. The summed E-state index contributed by atoms with van der Waals surface area (Å²) in [5.74, 6) is 1.03. The van der Waals surface area contributed by atoms with Gasteiger partial charge >= 0.3 is 7.60 Å². The third-order valence-electron chi connectivity index (χ3n) is 6.78. The quantitative estimate of drug-likeness (QED) is 0.208. The van der Waals surface area contributed by atoms with Crippen LogP contribution in [0.3, 0.4) is 0 Å². The SMILES string of the molecule is CCCCc1cc(C)cc2c1OP(=O)(C(=O)c1ccc(I)cc1C)Oc1c(cc(C)cc1C(C)(C)C)C2. The highest BCUT2D eigenvalue weighted by atomic mass is 127. The number of unbranched alkanes of at least 4 members (excludes halogenated alkanes) is 1. The standard InChI is InChI=1S/C31H36IO4P/c1-8-9-10-22-13-19(2)14-23-18-24-15-20(3)16-27(31(5,6)7)29(24)36-37(34,35-28(22)23)30(33)26-12-11-25(32)17-21(26)4/h11-17H,8-10,18H2,1-7H3. The van der Waals surface area contributed by atoms with Crippen LogP contribution < -0.4 is 9.05 Å². The number of rotatable bonds is 5. The zero-order valence-electron chi connectivity index (χ0n) is 22.8. The van der Waals surface area contributed by atoms with Gasteiger partial charge in [0.25, 0.3) is 5.52 Å². The Labute approximate surface area is 234 Å². The van der Waals surface area contributed by atoms with Crippen LogP contribution >= 0.6 is 30.2 Å². The molecular formula is C31H36IO4P. The fourth-order valence-corrected chi connectivity index (χ4v) is 7.26. The second-order valence-corrected chi connectivity index (χ2v) is 14.2. The summed E-state index contributed by atoms with van der Waals surface area (Å²) in [6, 6.07) is 13.8. The van der Waals surface area contributed by atoms with Gasteiger partial charge in [-0.3, -0.25) is 4.79 Å². The van der Waals surface area contributed by atoms with Crippen molar-refractivity contribution < 1.29 is 18.4 Å². The molecular weight excluding hydrogens is 594 g/mol. The Morgan fingerprint density at radius 1 is 0.946 bits per heavy atom. The first-order valence-electron chi connectivity index (χ1n) is 12.9. The number of aryl methyl sites for hydroxylation is 4. The van der Waals surface area contributed by atoms with Crippen LogP contribution in [0, 0.1) is 24.3 Å². The van der Waals surface area contributed by atoms with E-state index in [-0.39, 0.29) is 5.41 Å². The molecule has 0 amide bonds. The van der Waals surface area contributed by atoms with Crippen molar-refractivity contribution in [1.29, 1.82) is 0 Å². The van der Waals surface area contributed by atoms with Crippen LogP contribution in [0.25, 0.3) is 0 Å². The van der Waals surface area contributed by atoms with Crippen LogP contribution in [0.4, 0.5) is 0 Å². The van der Waals surface area contributed by atoms with E-state index in [0.29, 0.717) is 23.5 Å². The predicted octanol–water partition coefficient (Wildman–Crippen LogP) is 9.25. The largest absolute Gasteiger partial charge is 0.503 e. The van der Waals surface area contributed by atoms with E-state index in [2.05, 4.69) is 88.4 Å². The first-order valence-corrected chi connectivity index (χ1v) is 15.5. The van der Waals surface area contributed by atoms with Gasteiger partial charge in [-0.1, -0.05) is 69.5 Å². The second-order valence-electron chi connectivity index (χ2n) is 11.2. The van der Waals surface area contributed by atoms with Crippen molar-refractivity contribution in [3.8, 4) is 11.5 Å². The van der Waals surface area contributed by atoms with Crippen LogP contribution in [0.1, 0.15) is 89.8 Å². The van der Waals surface area contributed by atoms with Gasteiger partial charge in [0.2, 0.25) is 0 Å². The average Bonchev–Trinajstić information content (AvgIpc) is 2.79. The Kier molecular flexibility index (Phi) is 7.97. The average molecular weight is 631 g/mol. The first kappa shape index (κ1) is 27.9. The molecule has 1 heterocycles. The summed E-state index contributed by atoms with van der Waals surface area (Å²) in [4.78, 5) is 14.0. The molecule has 0 aliphatic carbocycles. The van der Waals surface area contributed by atoms with E-state index in [0.717, 1.165) is 61.8 Å². The Bertz CT molecular complexity index is 1420. The third kappa shape index (κ3) is 5.83. The maximum absolute atomic E-state index is 14.7. The van der Waals surface area contributed by atoms with E-state index in [4.69, 9.17) is 9.05 Å². The lowest BCUT2D eigenvalue weighted by Gasteiger charge is -2.31. The molecule has 1 aliphatic heterocycles. The fourth-order valence-electron chi connectivity index (χ4n) is 4.94.